The lowest BCUT2D eigenvalue weighted by molar-refractivity contribution is -0.118. The molecule has 0 unspecified atom stereocenters. The SMILES string of the molecule is CCCCOC(=O)n1cccc1-c1ccc(N2CCN(C=O)CC2)nc1. The number of hydrogen-bond donors (Lipinski definition) is 0. The lowest BCUT2D eigenvalue weighted by Gasteiger charge is -2.33. The second-order valence-corrected chi connectivity index (χ2v) is 6.26. The van der Waals surface area contributed by atoms with Gasteiger partial charge in [0.25, 0.3) is 0 Å². The predicted octanol–water partition coefficient (Wildman–Crippen LogP) is 2.61. The Morgan fingerprint density at radius 3 is 2.69 bits per heavy atom. The molecule has 1 aliphatic rings. The van der Waals surface area contributed by atoms with Gasteiger partial charge >= 0.3 is 6.09 Å². The molecule has 3 heterocycles. The number of carbonyl (C=O) groups is 2. The molecule has 2 aromatic rings. The Morgan fingerprint density at radius 1 is 1.23 bits per heavy atom. The number of aromatic nitrogens is 2. The summed E-state index contributed by atoms with van der Waals surface area (Å²) < 4.78 is 6.80. The molecule has 138 valence electrons. The van der Waals surface area contributed by atoms with Crippen molar-refractivity contribution >= 4 is 18.3 Å². The van der Waals surface area contributed by atoms with Gasteiger partial charge in [0, 0.05) is 44.1 Å². The van der Waals surface area contributed by atoms with Gasteiger partial charge in [0.15, 0.2) is 0 Å². The van der Waals surface area contributed by atoms with Crippen LogP contribution in [0.25, 0.3) is 11.3 Å². The third-order valence-corrected chi connectivity index (χ3v) is 4.50. The normalized spacial score (nSPS) is 14.3. The summed E-state index contributed by atoms with van der Waals surface area (Å²) >= 11 is 0. The number of hydrogen-bond acceptors (Lipinski definition) is 5. The van der Waals surface area contributed by atoms with Crippen LogP contribution in [0.1, 0.15) is 19.8 Å². The Kier molecular flexibility index (Phi) is 5.88. The molecule has 0 bridgehead atoms. The van der Waals surface area contributed by atoms with Crippen LogP contribution in [-0.2, 0) is 9.53 Å². The van der Waals surface area contributed by atoms with Crippen LogP contribution >= 0.6 is 0 Å². The van der Waals surface area contributed by atoms with Crippen molar-refractivity contribution in [1.29, 1.82) is 0 Å². The minimum absolute atomic E-state index is 0.368. The number of carbonyl (C=O) groups excluding carboxylic acids is 2. The van der Waals surface area contributed by atoms with E-state index in [1.807, 2.05) is 24.3 Å². The average molecular weight is 356 g/mol. The Hall–Kier alpha value is -2.83. The first kappa shape index (κ1) is 18.0. The van der Waals surface area contributed by atoms with E-state index in [9.17, 15) is 9.59 Å². The predicted molar refractivity (Wildman–Crippen MR) is 99.2 cm³/mol. The van der Waals surface area contributed by atoms with Gasteiger partial charge in [0.2, 0.25) is 6.41 Å². The molecule has 0 saturated carbocycles. The molecule has 0 N–H and O–H groups in total. The summed E-state index contributed by atoms with van der Waals surface area (Å²) in [5, 5.41) is 0. The number of nitrogens with zero attached hydrogens (tertiary/aromatic N) is 4. The molecule has 7 nitrogen and oxygen atoms in total. The zero-order valence-corrected chi connectivity index (χ0v) is 15.0. The van der Waals surface area contributed by atoms with Crippen molar-refractivity contribution in [1.82, 2.24) is 14.5 Å². The first-order valence-electron chi connectivity index (χ1n) is 8.98. The maximum atomic E-state index is 12.2. The van der Waals surface area contributed by atoms with Crippen LogP contribution < -0.4 is 4.90 Å². The van der Waals surface area contributed by atoms with Crippen LogP contribution in [0.3, 0.4) is 0 Å². The van der Waals surface area contributed by atoms with Crippen LogP contribution in [-0.4, -0.2) is 59.7 Å². The van der Waals surface area contributed by atoms with Crippen LogP contribution in [0, 0.1) is 0 Å². The van der Waals surface area contributed by atoms with Gasteiger partial charge in [0.05, 0.1) is 12.3 Å². The molecule has 2 aromatic heterocycles. The smallest absolute Gasteiger partial charge is 0.418 e. The highest BCUT2D eigenvalue weighted by Crippen LogP contribution is 2.22. The molecule has 1 amide bonds. The Balaban J connectivity index is 1.69. The number of piperazine rings is 1. The number of ether oxygens (including phenoxy) is 1. The van der Waals surface area contributed by atoms with Gasteiger partial charge in [-0.05, 0) is 30.7 Å². The van der Waals surface area contributed by atoms with E-state index in [1.165, 1.54) is 4.57 Å². The van der Waals surface area contributed by atoms with Gasteiger partial charge < -0.3 is 14.5 Å². The highest BCUT2D eigenvalue weighted by Gasteiger charge is 2.17. The molecule has 1 aliphatic heterocycles. The fourth-order valence-corrected chi connectivity index (χ4v) is 2.93. The first-order chi connectivity index (χ1) is 12.7. The van der Waals surface area contributed by atoms with E-state index in [4.69, 9.17) is 4.74 Å². The summed E-state index contributed by atoms with van der Waals surface area (Å²) in [5.41, 5.74) is 1.62. The zero-order chi connectivity index (χ0) is 18.4. The van der Waals surface area contributed by atoms with Crippen molar-refractivity contribution < 1.29 is 14.3 Å². The van der Waals surface area contributed by atoms with E-state index in [-0.39, 0.29) is 6.09 Å². The molecular weight excluding hydrogens is 332 g/mol. The quantitative estimate of drug-likeness (QED) is 0.588. The maximum absolute atomic E-state index is 12.2. The Bertz CT molecular complexity index is 733. The van der Waals surface area contributed by atoms with E-state index in [1.54, 1.807) is 17.3 Å². The van der Waals surface area contributed by atoms with E-state index in [0.29, 0.717) is 19.7 Å². The molecule has 0 atom stereocenters. The fraction of sp³-hybridized carbons (Fsp3) is 0.421. The third kappa shape index (κ3) is 4.04. The van der Waals surface area contributed by atoms with Gasteiger partial charge in [-0.3, -0.25) is 9.36 Å². The van der Waals surface area contributed by atoms with Crippen LogP contribution in [0.4, 0.5) is 10.6 Å². The number of anilines is 1. The number of amides is 1. The highest BCUT2D eigenvalue weighted by molar-refractivity contribution is 5.78. The molecular formula is C19H24N4O3. The molecule has 26 heavy (non-hydrogen) atoms. The van der Waals surface area contributed by atoms with E-state index in [0.717, 1.165) is 49.4 Å². The zero-order valence-electron chi connectivity index (χ0n) is 15.0. The van der Waals surface area contributed by atoms with Gasteiger partial charge in [-0.2, -0.15) is 0 Å². The van der Waals surface area contributed by atoms with Crippen molar-refractivity contribution in [2.45, 2.75) is 19.8 Å². The summed E-state index contributed by atoms with van der Waals surface area (Å²) in [6.45, 7) is 5.44. The molecule has 1 fully saturated rings. The summed E-state index contributed by atoms with van der Waals surface area (Å²) in [6, 6.07) is 7.61. The lowest BCUT2D eigenvalue weighted by atomic mass is 10.2. The van der Waals surface area contributed by atoms with Crippen LogP contribution in [0.5, 0.6) is 0 Å². The molecule has 0 aromatic carbocycles. The molecule has 3 rings (SSSR count). The second kappa shape index (κ2) is 8.51. The summed E-state index contributed by atoms with van der Waals surface area (Å²) in [5.74, 6) is 0.878. The Morgan fingerprint density at radius 2 is 2.04 bits per heavy atom. The van der Waals surface area contributed by atoms with Crippen molar-refractivity contribution in [2.24, 2.45) is 0 Å². The molecule has 0 aliphatic carbocycles. The first-order valence-corrected chi connectivity index (χ1v) is 8.98. The summed E-state index contributed by atoms with van der Waals surface area (Å²) in [4.78, 5) is 31.5. The highest BCUT2D eigenvalue weighted by atomic mass is 16.5. The van der Waals surface area contributed by atoms with Crippen molar-refractivity contribution in [2.75, 3.05) is 37.7 Å². The van der Waals surface area contributed by atoms with Gasteiger partial charge in [0.1, 0.15) is 5.82 Å². The minimum atomic E-state index is -0.368. The fourth-order valence-electron chi connectivity index (χ4n) is 2.93. The third-order valence-electron chi connectivity index (χ3n) is 4.50. The maximum Gasteiger partial charge on any atom is 0.418 e. The minimum Gasteiger partial charge on any atom is -0.449 e. The van der Waals surface area contributed by atoms with Gasteiger partial charge in [-0.15, -0.1) is 0 Å². The second-order valence-electron chi connectivity index (χ2n) is 6.26. The van der Waals surface area contributed by atoms with Gasteiger partial charge in [-0.25, -0.2) is 9.78 Å². The topological polar surface area (TPSA) is 67.7 Å². The monoisotopic (exact) mass is 356 g/mol. The van der Waals surface area contributed by atoms with E-state index < -0.39 is 0 Å². The molecule has 7 heteroatoms. The lowest BCUT2D eigenvalue weighted by Crippen LogP contribution is -2.46. The largest absolute Gasteiger partial charge is 0.449 e. The Labute approximate surface area is 153 Å². The molecule has 0 spiro atoms. The standard InChI is InChI=1S/C19H24N4O3/c1-2-3-13-26-19(25)23-8-4-5-17(23)16-6-7-18(20-14-16)22-11-9-21(15-24)10-12-22/h4-8,14-15H,2-3,9-13H2,1H3. The molecule has 1 saturated heterocycles. The van der Waals surface area contributed by atoms with E-state index in [2.05, 4.69) is 16.8 Å². The average Bonchev–Trinajstić information content (AvgIpc) is 3.18. The van der Waals surface area contributed by atoms with E-state index >= 15 is 0 Å². The summed E-state index contributed by atoms with van der Waals surface area (Å²) in [6.07, 6.45) is 5.84. The molecule has 0 radical (unpaired) electrons. The number of pyridine rings is 1. The number of rotatable bonds is 6. The number of unbranched alkanes of at least 4 members (excludes halogenated alkanes) is 1. The summed E-state index contributed by atoms with van der Waals surface area (Å²) in [7, 11) is 0. The van der Waals surface area contributed by atoms with Crippen molar-refractivity contribution in [3.05, 3.63) is 36.7 Å². The van der Waals surface area contributed by atoms with Crippen LogP contribution in [0.2, 0.25) is 0 Å². The van der Waals surface area contributed by atoms with Crippen molar-refractivity contribution in [3.63, 3.8) is 0 Å². The van der Waals surface area contributed by atoms with Gasteiger partial charge in [-0.1, -0.05) is 13.3 Å². The van der Waals surface area contributed by atoms with Crippen molar-refractivity contribution in [3.8, 4) is 11.3 Å². The van der Waals surface area contributed by atoms with Crippen LogP contribution in [0.15, 0.2) is 36.7 Å².